The number of hydrogen-bond donors (Lipinski definition) is 4. The van der Waals surface area contributed by atoms with Crippen LogP contribution in [0.2, 0.25) is 0 Å². The lowest BCUT2D eigenvalue weighted by Crippen LogP contribution is -2.26. The predicted molar refractivity (Wildman–Crippen MR) is 53.8 cm³/mol. The Morgan fingerprint density at radius 1 is 1.50 bits per heavy atom. The van der Waals surface area contributed by atoms with Gasteiger partial charge in [-0.1, -0.05) is 0 Å². The van der Waals surface area contributed by atoms with Crippen molar-refractivity contribution in [1.82, 2.24) is 30.5 Å². The molecule has 0 atom stereocenters. The average molecular weight is 222 g/mol. The minimum absolute atomic E-state index is 0.211. The summed E-state index contributed by atoms with van der Waals surface area (Å²) in [5, 5.41) is 8.99. The fourth-order valence-electron chi connectivity index (χ4n) is 1.20. The number of H-pyrrole nitrogens is 3. The quantitative estimate of drug-likeness (QED) is 0.519. The van der Waals surface area contributed by atoms with Gasteiger partial charge in [-0.2, -0.15) is 5.10 Å². The van der Waals surface area contributed by atoms with Gasteiger partial charge in [0.2, 0.25) is 0 Å². The summed E-state index contributed by atoms with van der Waals surface area (Å²) >= 11 is 0. The molecule has 0 saturated carbocycles. The number of rotatable bonds is 4. The molecule has 0 bridgehead atoms. The summed E-state index contributed by atoms with van der Waals surface area (Å²) in [4.78, 5) is 30.8. The third-order valence-corrected chi connectivity index (χ3v) is 1.95. The number of nitrogens with zero attached hydrogens (tertiary/aromatic N) is 2. The molecule has 0 aliphatic rings. The predicted octanol–water partition coefficient (Wildman–Crippen LogP) is -1.21. The van der Waals surface area contributed by atoms with E-state index in [1.807, 2.05) is 0 Å². The summed E-state index contributed by atoms with van der Waals surface area (Å²) in [6.45, 7) is 0.418. The maximum Gasteiger partial charge on any atom is 0.323 e. The fraction of sp³-hybridized carbons (Fsp3) is 0.250. The second-order valence-corrected chi connectivity index (χ2v) is 3.09. The topological polar surface area (TPSA) is 119 Å². The zero-order valence-electron chi connectivity index (χ0n) is 8.28. The molecule has 0 unspecified atom stereocenters. The number of carbonyl (C=O) groups is 1. The Morgan fingerprint density at radius 2 is 2.38 bits per heavy atom. The van der Waals surface area contributed by atoms with Gasteiger partial charge in [0.1, 0.15) is 17.8 Å². The van der Waals surface area contributed by atoms with Crippen molar-refractivity contribution < 1.29 is 4.79 Å². The molecule has 84 valence electrons. The zero-order chi connectivity index (χ0) is 11.4. The smallest absolute Gasteiger partial charge is 0.323 e. The van der Waals surface area contributed by atoms with E-state index < -0.39 is 5.69 Å². The summed E-state index contributed by atoms with van der Waals surface area (Å²) in [6, 6.07) is 0. The monoisotopic (exact) mass is 222 g/mol. The van der Waals surface area contributed by atoms with Crippen LogP contribution in [0.3, 0.4) is 0 Å². The molecule has 2 heterocycles. The van der Waals surface area contributed by atoms with E-state index in [0.29, 0.717) is 18.8 Å². The van der Waals surface area contributed by atoms with Gasteiger partial charge in [0.15, 0.2) is 0 Å². The maximum atomic E-state index is 11.4. The summed E-state index contributed by atoms with van der Waals surface area (Å²) < 4.78 is 0. The van der Waals surface area contributed by atoms with Gasteiger partial charge in [-0.05, 0) is 0 Å². The zero-order valence-corrected chi connectivity index (χ0v) is 8.28. The second-order valence-electron chi connectivity index (χ2n) is 3.09. The lowest BCUT2D eigenvalue weighted by Gasteiger charge is -2.00. The Kier molecular flexibility index (Phi) is 2.81. The number of aromatic amines is 3. The number of amides is 1. The van der Waals surface area contributed by atoms with Gasteiger partial charge < -0.3 is 15.3 Å². The van der Waals surface area contributed by atoms with Crippen LogP contribution in [0.5, 0.6) is 0 Å². The molecule has 0 aliphatic heterocycles. The third kappa shape index (κ3) is 2.35. The molecule has 0 saturated heterocycles. The normalized spacial score (nSPS) is 10.2. The van der Waals surface area contributed by atoms with E-state index in [0.717, 1.165) is 0 Å². The van der Waals surface area contributed by atoms with Crippen molar-refractivity contribution in [1.29, 1.82) is 0 Å². The first-order valence-corrected chi connectivity index (χ1v) is 4.66. The highest BCUT2D eigenvalue weighted by Crippen LogP contribution is 1.89. The number of imidazole rings is 1. The molecule has 4 N–H and O–H groups in total. The summed E-state index contributed by atoms with van der Waals surface area (Å²) in [6.07, 6.45) is 3.29. The Bertz CT molecular complexity index is 511. The molecule has 0 aliphatic carbocycles. The fourth-order valence-corrected chi connectivity index (χ4v) is 1.20. The standard InChI is InChI=1S/C8H10N6O2/c15-7(5-3-10-8(16)13-5)9-2-1-6-11-4-12-14-6/h3-4H,1-2H2,(H,9,15)(H2,10,13,16)(H,11,12,14). The first-order valence-electron chi connectivity index (χ1n) is 4.66. The Balaban J connectivity index is 1.82. The molecule has 2 aromatic heterocycles. The number of nitrogens with one attached hydrogen (secondary N) is 4. The SMILES string of the molecule is O=C(NCCc1ncn[nH]1)c1c[nH]c(=O)[nH]1. The maximum absolute atomic E-state index is 11.4. The minimum Gasteiger partial charge on any atom is -0.350 e. The minimum atomic E-state index is -0.402. The molecule has 1 amide bonds. The van der Waals surface area contributed by atoms with E-state index >= 15 is 0 Å². The molecule has 8 heteroatoms. The lowest BCUT2D eigenvalue weighted by atomic mass is 10.4. The van der Waals surface area contributed by atoms with Crippen molar-refractivity contribution >= 4 is 5.91 Å². The summed E-state index contributed by atoms with van der Waals surface area (Å²) in [7, 11) is 0. The number of aromatic nitrogens is 5. The molecular formula is C8H10N6O2. The average Bonchev–Trinajstić information content (AvgIpc) is 2.89. The van der Waals surface area contributed by atoms with E-state index in [1.165, 1.54) is 12.5 Å². The third-order valence-electron chi connectivity index (χ3n) is 1.95. The number of carbonyl (C=O) groups excluding carboxylic acids is 1. The van der Waals surface area contributed by atoms with E-state index in [2.05, 4.69) is 30.5 Å². The lowest BCUT2D eigenvalue weighted by molar-refractivity contribution is 0.0949. The molecule has 0 aromatic carbocycles. The molecule has 0 radical (unpaired) electrons. The van der Waals surface area contributed by atoms with Gasteiger partial charge in [0, 0.05) is 19.2 Å². The molecule has 16 heavy (non-hydrogen) atoms. The van der Waals surface area contributed by atoms with E-state index in [-0.39, 0.29) is 11.6 Å². The first kappa shape index (κ1) is 10.1. The van der Waals surface area contributed by atoms with Crippen LogP contribution in [0.15, 0.2) is 17.3 Å². The summed E-state index contributed by atoms with van der Waals surface area (Å²) in [5.41, 5.74) is -0.192. The van der Waals surface area contributed by atoms with E-state index in [1.54, 1.807) is 0 Å². The first-order chi connectivity index (χ1) is 7.75. The van der Waals surface area contributed by atoms with Crippen LogP contribution in [0.1, 0.15) is 16.3 Å². The Labute approximate surface area is 89.5 Å². The van der Waals surface area contributed by atoms with Crippen molar-refractivity contribution in [3.63, 3.8) is 0 Å². The molecular weight excluding hydrogens is 212 g/mol. The van der Waals surface area contributed by atoms with Gasteiger partial charge in [-0.3, -0.25) is 9.89 Å². The Morgan fingerprint density at radius 3 is 3.00 bits per heavy atom. The van der Waals surface area contributed by atoms with Gasteiger partial charge in [-0.15, -0.1) is 0 Å². The molecule has 0 fully saturated rings. The van der Waals surface area contributed by atoms with E-state index in [4.69, 9.17) is 0 Å². The number of hydrogen-bond acceptors (Lipinski definition) is 4. The highest BCUT2D eigenvalue weighted by Gasteiger charge is 2.06. The van der Waals surface area contributed by atoms with Crippen molar-refractivity contribution in [2.24, 2.45) is 0 Å². The molecule has 0 spiro atoms. The summed E-state index contributed by atoms with van der Waals surface area (Å²) in [5.74, 6) is 0.362. The van der Waals surface area contributed by atoms with Crippen LogP contribution in [0.25, 0.3) is 0 Å². The Hall–Kier alpha value is -2.38. The van der Waals surface area contributed by atoms with Crippen molar-refractivity contribution in [2.45, 2.75) is 6.42 Å². The van der Waals surface area contributed by atoms with Crippen LogP contribution in [-0.2, 0) is 6.42 Å². The second kappa shape index (κ2) is 4.43. The van der Waals surface area contributed by atoms with Gasteiger partial charge in [-0.25, -0.2) is 9.78 Å². The molecule has 2 rings (SSSR count). The van der Waals surface area contributed by atoms with Crippen molar-refractivity contribution in [3.05, 3.63) is 34.5 Å². The molecule has 8 nitrogen and oxygen atoms in total. The van der Waals surface area contributed by atoms with Crippen LogP contribution in [0, 0.1) is 0 Å². The van der Waals surface area contributed by atoms with Crippen molar-refractivity contribution in [2.75, 3.05) is 6.54 Å². The largest absolute Gasteiger partial charge is 0.350 e. The highest BCUT2D eigenvalue weighted by molar-refractivity contribution is 5.91. The van der Waals surface area contributed by atoms with Crippen LogP contribution in [-0.4, -0.2) is 37.6 Å². The van der Waals surface area contributed by atoms with Crippen LogP contribution < -0.4 is 11.0 Å². The van der Waals surface area contributed by atoms with Crippen LogP contribution >= 0.6 is 0 Å². The van der Waals surface area contributed by atoms with E-state index in [9.17, 15) is 9.59 Å². The molecule has 2 aromatic rings. The van der Waals surface area contributed by atoms with Gasteiger partial charge in [0.05, 0.1) is 0 Å². The van der Waals surface area contributed by atoms with Crippen LogP contribution in [0.4, 0.5) is 0 Å². The highest BCUT2D eigenvalue weighted by atomic mass is 16.2. The van der Waals surface area contributed by atoms with Crippen molar-refractivity contribution in [3.8, 4) is 0 Å². The van der Waals surface area contributed by atoms with Gasteiger partial charge >= 0.3 is 5.69 Å². The van der Waals surface area contributed by atoms with Gasteiger partial charge in [0.25, 0.3) is 5.91 Å².